The van der Waals surface area contributed by atoms with Crippen molar-refractivity contribution < 1.29 is 4.68 Å². The van der Waals surface area contributed by atoms with Gasteiger partial charge in [-0.3, -0.25) is 0 Å². The van der Waals surface area contributed by atoms with E-state index in [0.717, 1.165) is 0 Å². The second-order valence-electron chi connectivity index (χ2n) is 3.06. The van der Waals surface area contributed by atoms with Gasteiger partial charge < -0.3 is 0 Å². The third kappa shape index (κ3) is 1.28. The van der Waals surface area contributed by atoms with E-state index in [1.165, 1.54) is 0 Å². The fourth-order valence-electron chi connectivity index (χ4n) is 0.596. The molecule has 0 aliphatic rings. The molecule has 1 heterocycles. The van der Waals surface area contributed by atoms with E-state index in [9.17, 15) is 0 Å². The predicted octanol–water partition coefficient (Wildman–Crippen LogP) is 0.452. The largest absolute Gasteiger partial charge is 0.307 e. The van der Waals surface area contributed by atoms with Gasteiger partial charge in [-0.15, -0.1) is 0 Å². The molecule has 50 valence electrons. The van der Waals surface area contributed by atoms with Crippen LogP contribution in [-0.4, -0.2) is 10.1 Å². The average Bonchev–Trinajstić information content (AvgIpc) is 2.08. The summed E-state index contributed by atoms with van der Waals surface area (Å²) in [6.07, 6.45) is 3.45. The molecule has 0 aliphatic heterocycles. The zero-order valence-corrected chi connectivity index (χ0v) is 6.05. The molecule has 0 unspecified atom stereocenters. The van der Waals surface area contributed by atoms with Crippen LogP contribution in [0.5, 0.6) is 0 Å². The fraction of sp³-hybridized carbons (Fsp3) is 0.667. The topological polar surface area (TPSA) is 32.6 Å². The van der Waals surface area contributed by atoms with E-state index in [-0.39, 0.29) is 5.54 Å². The summed E-state index contributed by atoms with van der Waals surface area (Å²) in [4.78, 5) is 3.90. The molecular formula is C6H12N3+. The van der Waals surface area contributed by atoms with Crippen LogP contribution in [0.15, 0.2) is 12.7 Å². The van der Waals surface area contributed by atoms with Crippen LogP contribution in [0, 0.1) is 0 Å². The van der Waals surface area contributed by atoms with Gasteiger partial charge in [-0.2, -0.15) is 9.78 Å². The molecule has 0 aromatic carbocycles. The first-order valence-corrected chi connectivity index (χ1v) is 3.01. The van der Waals surface area contributed by atoms with E-state index in [2.05, 4.69) is 30.9 Å². The normalized spacial score (nSPS) is 11.9. The van der Waals surface area contributed by atoms with Crippen molar-refractivity contribution in [3.63, 3.8) is 0 Å². The lowest BCUT2D eigenvalue weighted by Gasteiger charge is -2.11. The minimum atomic E-state index is 0.122. The molecule has 1 N–H and O–H groups in total. The highest BCUT2D eigenvalue weighted by atomic mass is 15.3. The first-order valence-electron chi connectivity index (χ1n) is 3.01. The summed E-state index contributed by atoms with van der Waals surface area (Å²) in [6, 6.07) is 0. The molecular weight excluding hydrogens is 114 g/mol. The van der Waals surface area contributed by atoms with Crippen molar-refractivity contribution in [1.29, 1.82) is 0 Å². The Labute approximate surface area is 54.7 Å². The predicted molar refractivity (Wildman–Crippen MR) is 33.8 cm³/mol. The smallest absolute Gasteiger partial charge is 0.193 e. The Hall–Kier alpha value is -0.860. The molecule has 0 aliphatic carbocycles. The molecule has 0 atom stereocenters. The fourth-order valence-corrected chi connectivity index (χ4v) is 0.596. The van der Waals surface area contributed by atoms with E-state index >= 15 is 0 Å². The van der Waals surface area contributed by atoms with E-state index < -0.39 is 0 Å². The molecule has 0 saturated carbocycles. The Kier molecular flexibility index (Phi) is 1.27. The second-order valence-corrected chi connectivity index (χ2v) is 3.06. The number of hydrogen-bond donors (Lipinski definition) is 1. The SMILES string of the molecule is CC(C)(C)[n+]1cnc[nH]1. The zero-order chi connectivity index (χ0) is 6.91. The van der Waals surface area contributed by atoms with Crippen molar-refractivity contribution >= 4 is 0 Å². The molecule has 0 bridgehead atoms. The van der Waals surface area contributed by atoms with Gasteiger partial charge in [0, 0.05) is 0 Å². The maximum atomic E-state index is 3.90. The Balaban J connectivity index is 2.90. The van der Waals surface area contributed by atoms with Crippen LogP contribution in [0.2, 0.25) is 0 Å². The minimum absolute atomic E-state index is 0.122. The molecule has 0 spiro atoms. The molecule has 9 heavy (non-hydrogen) atoms. The summed E-state index contributed by atoms with van der Waals surface area (Å²) in [5.41, 5.74) is 0.122. The highest BCUT2D eigenvalue weighted by Gasteiger charge is 2.18. The van der Waals surface area contributed by atoms with E-state index in [4.69, 9.17) is 0 Å². The third-order valence-electron chi connectivity index (χ3n) is 1.18. The number of aromatic nitrogens is 3. The van der Waals surface area contributed by atoms with Gasteiger partial charge in [0.05, 0.1) is 0 Å². The number of rotatable bonds is 0. The van der Waals surface area contributed by atoms with Crippen molar-refractivity contribution in [3.8, 4) is 0 Å². The lowest BCUT2D eigenvalue weighted by Crippen LogP contribution is -2.51. The summed E-state index contributed by atoms with van der Waals surface area (Å²) < 4.78 is 1.95. The molecule has 0 amide bonds. The number of H-pyrrole nitrogens is 1. The molecule has 3 heteroatoms. The molecule has 1 rings (SSSR count). The van der Waals surface area contributed by atoms with Crippen LogP contribution in [0.3, 0.4) is 0 Å². The molecule has 1 aromatic heterocycles. The van der Waals surface area contributed by atoms with Crippen LogP contribution in [0.4, 0.5) is 0 Å². The Morgan fingerprint density at radius 3 is 2.33 bits per heavy atom. The maximum Gasteiger partial charge on any atom is 0.307 e. The van der Waals surface area contributed by atoms with Gasteiger partial charge in [0.15, 0.2) is 0 Å². The van der Waals surface area contributed by atoms with Crippen LogP contribution in [-0.2, 0) is 5.54 Å². The van der Waals surface area contributed by atoms with Gasteiger partial charge in [0.1, 0.15) is 5.54 Å². The quantitative estimate of drug-likeness (QED) is 0.503. The van der Waals surface area contributed by atoms with Gasteiger partial charge >= 0.3 is 6.33 Å². The van der Waals surface area contributed by atoms with Gasteiger partial charge in [-0.25, -0.2) is 0 Å². The van der Waals surface area contributed by atoms with E-state index in [1.807, 2.05) is 4.68 Å². The first-order chi connectivity index (χ1) is 4.11. The summed E-state index contributed by atoms with van der Waals surface area (Å²) >= 11 is 0. The molecule has 0 saturated heterocycles. The highest BCUT2D eigenvalue weighted by molar-refractivity contribution is 4.48. The van der Waals surface area contributed by atoms with Crippen molar-refractivity contribution in [2.24, 2.45) is 0 Å². The van der Waals surface area contributed by atoms with Crippen molar-refractivity contribution in [2.75, 3.05) is 0 Å². The van der Waals surface area contributed by atoms with Crippen molar-refractivity contribution in [2.45, 2.75) is 26.3 Å². The number of nitrogens with one attached hydrogen (secondary N) is 1. The summed E-state index contributed by atoms with van der Waals surface area (Å²) in [5.74, 6) is 0. The number of aromatic amines is 1. The monoisotopic (exact) mass is 126 g/mol. The maximum absolute atomic E-state index is 3.90. The summed E-state index contributed by atoms with van der Waals surface area (Å²) in [7, 11) is 0. The third-order valence-corrected chi connectivity index (χ3v) is 1.18. The second kappa shape index (κ2) is 1.83. The van der Waals surface area contributed by atoms with Crippen LogP contribution in [0.1, 0.15) is 20.8 Å². The summed E-state index contributed by atoms with van der Waals surface area (Å²) in [6.45, 7) is 6.35. The van der Waals surface area contributed by atoms with E-state index in [1.54, 1.807) is 12.7 Å². The molecule has 0 radical (unpaired) electrons. The van der Waals surface area contributed by atoms with Gasteiger partial charge in [0.2, 0.25) is 6.33 Å². The highest BCUT2D eigenvalue weighted by Crippen LogP contribution is 1.99. The number of hydrogen-bond acceptors (Lipinski definition) is 1. The van der Waals surface area contributed by atoms with Gasteiger partial charge in [-0.1, -0.05) is 0 Å². The van der Waals surface area contributed by atoms with E-state index in [0.29, 0.717) is 0 Å². The van der Waals surface area contributed by atoms with Gasteiger partial charge in [0.25, 0.3) is 0 Å². The standard InChI is InChI=1S/C6H11N3/c1-6(2,3)9-5-7-4-8-9/h4-5H,1-3H3/p+1. The molecule has 3 nitrogen and oxygen atoms in total. The van der Waals surface area contributed by atoms with Crippen LogP contribution < -0.4 is 4.68 Å². The van der Waals surface area contributed by atoms with Crippen molar-refractivity contribution in [3.05, 3.63) is 12.7 Å². The molecule has 0 fully saturated rings. The first kappa shape index (κ1) is 6.26. The lowest BCUT2D eigenvalue weighted by molar-refractivity contribution is -0.803. The summed E-state index contributed by atoms with van der Waals surface area (Å²) in [5, 5.41) is 2.98. The number of nitrogens with zero attached hydrogens (tertiary/aromatic N) is 2. The van der Waals surface area contributed by atoms with Crippen LogP contribution >= 0.6 is 0 Å². The Morgan fingerprint density at radius 2 is 2.11 bits per heavy atom. The van der Waals surface area contributed by atoms with Gasteiger partial charge in [-0.05, 0) is 25.8 Å². The average molecular weight is 126 g/mol. The van der Waals surface area contributed by atoms with Crippen molar-refractivity contribution in [1.82, 2.24) is 10.1 Å². The van der Waals surface area contributed by atoms with Crippen LogP contribution in [0.25, 0.3) is 0 Å². The molecule has 1 aromatic rings. The Bertz CT molecular complexity index is 171. The lowest BCUT2D eigenvalue weighted by atomic mass is 10.1. The Morgan fingerprint density at radius 1 is 1.44 bits per heavy atom. The minimum Gasteiger partial charge on any atom is -0.193 e. The zero-order valence-electron chi connectivity index (χ0n) is 6.05.